The van der Waals surface area contributed by atoms with E-state index >= 15 is 0 Å². The molecule has 2 amide bonds. The Hall–Kier alpha value is -5.35. The number of hydrogen-bond donors (Lipinski definition) is 4. The van der Waals surface area contributed by atoms with E-state index in [1.54, 1.807) is 34.6 Å². The molecule has 0 aromatic heterocycles. The first-order valence-electron chi connectivity index (χ1n) is 19.7. The summed E-state index contributed by atoms with van der Waals surface area (Å²) >= 11 is 0. The van der Waals surface area contributed by atoms with Crippen LogP contribution in [0.1, 0.15) is 86.8 Å². The van der Waals surface area contributed by atoms with Crippen molar-refractivity contribution in [3.8, 4) is 16.9 Å². The van der Waals surface area contributed by atoms with Crippen LogP contribution in [0.4, 0.5) is 9.59 Å². The minimum absolute atomic E-state index is 0.0230. The maximum absolute atomic E-state index is 13.8. The third kappa shape index (κ3) is 10.8. The summed E-state index contributed by atoms with van der Waals surface area (Å²) in [6.45, 7) is 14.4. The summed E-state index contributed by atoms with van der Waals surface area (Å²) in [5.41, 5.74) is 11.7. The summed E-state index contributed by atoms with van der Waals surface area (Å²) in [6, 6.07) is 14.4. The SMILES string of the molecule is Cc1c(C)c(S(=O)(=O)NC(N)=NCCC[C@@H](C(=O)O)N(CCOCCNC(=O)OC(C)(C)C)C(=O)OCC2c3ccccc3-c3ccccc32)c(C)c2c1OC(C)(C)C2. The molecule has 1 aliphatic heterocycles. The summed E-state index contributed by atoms with van der Waals surface area (Å²) in [6.07, 6.45) is -0.811. The van der Waals surface area contributed by atoms with E-state index in [4.69, 9.17) is 24.7 Å². The maximum atomic E-state index is 13.8. The molecule has 2 aliphatic rings. The van der Waals surface area contributed by atoms with Crippen LogP contribution in [-0.2, 0) is 35.4 Å². The largest absolute Gasteiger partial charge is 0.487 e. The van der Waals surface area contributed by atoms with Gasteiger partial charge in [0.2, 0.25) is 5.96 Å². The molecule has 1 heterocycles. The van der Waals surface area contributed by atoms with Crippen molar-refractivity contribution in [3.05, 3.63) is 81.9 Å². The molecule has 0 unspecified atom stereocenters. The molecule has 1 atom stereocenters. The second kappa shape index (κ2) is 18.3. The van der Waals surface area contributed by atoms with Gasteiger partial charge >= 0.3 is 18.2 Å². The fourth-order valence-electron chi connectivity index (χ4n) is 7.62. The van der Waals surface area contributed by atoms with Crippen LogP contribution in [0.5, 0.6) is 5.75 Å². The summed E-state index contributed by atoms with van der Waals surface area (Å²) < 4.78 is 52.6. The number of nitrogens with one attached hydrogen (secondary N) is 2. The number of hydrogen-bond acceptors (Lipinski definition) is 10. The van der Waals surface area contributed by atoms with Gasteiger partial charge in [-0.1, -0.05) is 48.5 Å². The summed E-state index contributed by atoms with van der Waals surface area (Å²) in [5.74, 6) is -1.17. The van der Waals surface area contributed by atoms with Gasteiger partial charge in [-0.2, -0.15) is 0 Å². The lowest BCUT2D eigenvalue weighted by Crippen LogP contribution is -2.47. The topological polar surface area (TPSA) is 208 Å². The smallest absolute Gasteiger partial charge is 0.410 e. The average molecular weight is 836 g/mol. The zero-order valence-corrected chi connectivity index (χ0v) is 36.0. The maximum Gasteiger partial charge on any atom is 0.410 e. The van der Waals surface area contributed by atoms with Gasteiger partial charge in [-0.05, 0) is 107 Å². The van der Waals surface area contributed by atoms with Crippen molar-refractivity contribution >= 4 is 34.1 Å². The molecule has 0 bridgehead atoms. The van der Waals surface area contributed by atoms with Crippen molar-refractivity contribution < 1.29 is 46.9 Å². The van der Waals surface area contributed by atoms with Gasteiger partial charge in [0.15, 0.2) is 0 Å². The zero-order chi connectivity index (χ0) is 43.3. The number of carbonyl (C=O) groups is 3. The molecule has 0 saturated heterocycles. The van der Waals surface area contributed by atoms with Gasteiger partial charge in [0, 0.05) is 37.5 Å². The lowest BCUT2D eigenvalue weighted by atomic mass is 9.94. The second-order valence-electron chi connectivity index (χ2n) is 16.5. The predicted octanol–water partition coefficient (Wildman–Crippen LogP) is 5.94. The number of nitrogens with two attached hydrogens (primary N) is 1. The van der Waals surface area contributed by atoms with Crippen LogP contribution in [0, 0.1) is 20.8 Å². The van der Waals surface area contributed by atoms with E-state index in [1.165, 1.54) is 0 Å². The van der Waals surface area contributed by atoms with Crippen LogP contribution in [0.15, 0.2) is 58.4 Å². The van der Waals surface area contributed by atoms with Crippen LogP contribution in [0.3, 0.4) is 0 Å². The van der Waals surface area contributed by atoms with Gasteiger partial charge in [0.05, 0.1) is 18.1 Å². The first-order valence-corrected chi connectivity index (χ1v) is 21.2. The third-order valence-corrected chi connectivity index (χ3v) is 12.0. The molecular weight excluding hydrogens is 779 g/mol. The number of alkyl carbamates (subject to hydrolysis) is 1. The summed E-state index contributed by atoms with van der Waals surface area (Å²) in [4.78, 5) is 44.0. The van der Waals surface area contributed by atoms with Crippen molar-refractivity contribution in [1.82, 2.24) is 14.9 Å². The highest BCUT2D eigenvalue weighted by Crippen LogP contribution is 2.45. The average Bonchev–Trinajstić information content (AvgIpc) is 3.65. The Balaban J connectivity index is 1.25. The summed E-state index contributed by atoms with van der Waals surface area (Å²) in [5, 5.41) is 13.0. The number of carboxylic acid groups (broad SMARTS) is 1. The van der Waals surface area contributed by atoms with Crippen LogP contribution in [0.2, 0.25) is 0 Å². The monoisotopic (exact) mass is 835 g/mol. The van der Waals surface area contributed by atoms with Crippen molar-refractivity contribution in [2.45, 2.75) is 103 Å². The normalized spacial score (nSPS) is 15.0. The number of ether oxygens (including phenoxy) is 4. The quantitative estimate of drug-likeness (QED) is 0.0754. The van der Waals surface area contributed by atoms with E-state index in [1.807, 2.05) is 69.3 Å². The molecule has 0 fully saturated rings. The highest BCUT2D eigenvalue weighted by Gasteiger charge is 2.37. The Morgan fingerprint density at radius 1 is 1.00 bits per heavy atom. The Labute approximate surface area is 346 Å². The highest BCUT2D eigenvalue weighted by atomic mass is 32.2. The molecule has 5 rings (SSSR count). The number of benzene rings is 3. The number of guanidine groups is 1. The molecule has 3 aromatic carbocycles. The van der Waals surface area contributed by atoms with Crippen LogP contribution in [0.25, 0.3) is 11.1 Å². The van der Waals surface area contributed by atoms with Crippen LogP contribution >= 0.6 is 0 Å². The lowest BCUT2D eigenvalue weighted by molar-refractivity contribution is -0.143. The Bertz CT molecular complexity index is 2150. The number of aliphatic imine (C=N–C) groups is 1. The standard InChI is InChI=1S/C43H57N5O10S/c1-26-27(2)37(28(3)33-24-43(7,8)57-36(26)33)59(53,54)47-39(44)45-19-13-18-35(38(49)50)48(21-23-55-22-20-46-40(51)58-42(4,5)6)41(52)56-25-34-31-16-11-9-14-29(31)30-15-10-12-17-32(30)34/h9-12,14-17,34-35H,13,18-25H2,1-8H3,(H,46,51)(H,49,50)(H3,44,45,47)/t35-/m0/s1. The highest BCUT2D eigenvalue weighted by molar-refractivity contribution is 7.90. The number of fused-ring (bicyclic) bond motifs is 4. The zero-order valence-electron chi connectivity index (χ0n) is 35.1. The molecule has 59 heavy (non-hydrogen) atoms. The van der Waals surface area contributed by atoms with Crippen molar-refractivity contribution in [2.24, 2.45) is 10.7 Å². The fourth-order valence-corrected chi connectivity index (χ4v) is 9.15. The number of aliphatic carboxylic acids is 1. The van der Waals surface area contributed by atoms with Gasteiger partial charge < -0.3 is 35.1 Å². The number of amides is 2. The number of sulfonamides is 1. The van der Waals surface area contributed by atoms with Crippen molar-refractivity contribution in [2.75, 3.05) is 39.5 Å². The number of nitrogens with zero attached hydrogens (tertiary/aromatic N) is 2. The molecule has 320 valence electrons. The predicted molar refractivity (Wildman–Crippen MR) is 223 cm³/mol. The van der Waals surface area contributed by atoms with E-state index in [-0.39, 0.29) is 69.1 Å². The molecule has 0 radical (unpaired) electrons. The van der Waals surface area contributed by atoms with Gasteiger partial charge in [-0.3, -0.25) is 9.89 Å². The fraction of sp³-hybridized carbons (Fsp3) is 0.488. The van der Waals surface area contributed by atoms with Crippen molar-refractivity contribution in [3.63, 3.8) is 0 Å². The number of carbonyl (C=O) groups excluding carboxylic acids is 2. The van der Waals surface area contributed by atoms with Crippen LogP contribution < -0.4 is 20.5 Å². The van der Waals surface area contributed by atoms with Crippen LogP contribution in [-0.4, -0.2) is 99.2 Å². The first kappa shape index (κ1) is 44.7. The van der Waals surface area contributed by atoms with E-state index in [2.05, 4.69) is 15.0 Å². The number of carboxylic acids is 1. The third-order valence-electron chi connectivity index (χ3n) is 10.3. The molecule has 16 heteroatoms. The van der Waals surface area contributed by atoms with Gasteiger partial charge in [-0.25, -0.2) is 27.5 Å². The molecule has 0 saturated carbocycles. The minimum Gasteiger partial charge on any atom is -0.487 e. The van der Waals surface area contributed by atoms with E-state index in [0.29, 0.717) is 23.3 Å². The first-order chi connectivity index (χ1) is 27.7. The van der Waals surface area contributed by atoms with Gasteiger partial charge in [0.1, 0.15) is 29.6 Å². The Kier molecular flexibility index (Phi) is 13.9. The molecule has 5 N–H and O–H groups in total. The van der Waals surface area contributed by atoms with Gasteiger partial charge in [0.25, 0.3) is 10.0 Å². The molecule has 3 aromatic rings. The summed E-state index contributed by atoms with van der Waals surface area (Å²) in [7, 11) is -4.14. The molecule has 0 spiro atoms. The minimum atomic E-state index is -4.14. The molecule has 1 aliphatic carbocycles. The van der Waals surface area contributed by atoms with E-state index in [9.17, 15) is 27.9 Å². The Morgan fingerprint density at radius 2 is 1.63 bits per heavy atom. The van der Waals surface area contributed by atoms with E-state index in [0.717, 1.165) is 38.3 Å². The lowest BCUT2D eigenvalue weighted by Gasteiger charge is -2.29. The van der Waals surface area contributed by atoms with Gasteiger partial charge in [-0.15, -0.1) is 0 Å². The second-order valence-corrected chi connectivity index (χ2v) is 18.1. The number of rotatable bonds is 16. The molecular formula is C43H57N5O10S. The van der Waals surface area contributed by atoms with Crippen molar-refractivity contribution in [1.29, 1.82) is 0 Å². The molecule has 15 nitrogen and oxygen atoms in total. The Morgan fingerprint density at radius 3 is 2.24 bits per heavy atom. The van der Waals surface area contributed by atoms with E-state index < -0.39 is 45.4 Å².